The number of ether oxygens (including phenoxy) is 2. The van der Waals surface area contributed by atoms with Gasteiger partial charge in [-0.2, -0.15) is 0 Å². The van der Waals surface area contributed by atoms with Crippen LogP contribution < -0.4 is 14.8 Å². The summed E-state index contributed by atoms with van der Waals surface area (Å²) in [6, 6.07) is 21.4. The molecule has 0 aromatic heterocycles. The largest absolute Gasteiger partial charge is 0.493 e. The highest BCUT2D eigenvalue weighted by Gasteiger charge is 2.19. The van der Waals surface area contributed by atoms with Crippen molar-refractivity contribution in [3.05, 3.63) is 89.0 Å². The maximum Gasteiger partial charge on any atom is 0.165 e. The van der Waals surface area contributed by atoms with Gasteiger partial charge in [0.1, 0.15) is 0 Å². The molecule has 1 N–H and O–H groups in total. The summed E-state index contributed by atoms with van der Waals surface area (Å²) in [5, 5.41) is 3.51. The summed E-state index contributed by atoms with van der Waals surface area (Å²) in [5.41, 5.74) is 4.97. The molecule has 1 atom stereocenters. The molecule has 0 spiro atoms. The summed E-state index contributed by atoms with van der Waals surface area (Å²) in [4.78, 5) is 13.0. The molecule has 1 unspecified atom stereocenters. The first-order chi connectivity index (χ1) is 14.0. The fraction of sp³-hybridized carbons (Fsp3) is 0.240. The maximum atomic E-state index is 13.0. The Kier molecular flexibility index (Phi) is 6.55. The lowest BCUT2D eigenvalue weighted by molar-refractivity contribution is 0.0976. The van der Waals surface area contributed by atoms with Gasteiger partial charge in [0.15, 0.2) is 17.3 Å². The zero-order valence-electron chi connectivity index (χ0n) is 17.4. The Labute approximate surface area is 172 Å². The van der Waals surface area contributed by atoms with E-state index in [0.29, 0.717) is 23.5 Å². The molecule has 0 fully saturated rings. The Morgan fingerprint density at radius 1 is 0.828 bits per heavy atom. The lowest BCUT2D eigenvalue weighted by Gasteiger charge is -2.21. The molecule has 0 bridgehead atoms. The van der Waals surface area contributed by atoms with E-state index < -0.39 is 0 Å². The number of hydrogen-bond acceptors (Lipinski definition) is 4. The third kappa shape index (κ3) is 5.17. The minimum Gasteiger partial charge on any atom is -0.493 e. The number of nitrogens with one attached hydrogen (secondary N) is 1. The van der Waals surface area contributed by atoms with Crippen molar-refractivity contribution in [2.75, 3.05) is 19.5 Å². The van der Waals surface area contributed by atoms with Gasteiger partial charge in [0.05, 0.1) is 20.3 Å². The normalized spacial score (nSPS) is 11.6. The third-order valence-corrected chi connectivity index (χ3v) is 4.97. The van der Waals surface area contributed by atoms with Gasteiger partial charge >= 0.3 is 0 Å². The number of carbonyl (C=O) groups excluding carboxylic acids is 1. The number of aryl methyl sites for hydroxylation is 2. The predicted molar refractivity (Wildman–Crippen MR) is 117 cm³/mol. The molecular weight excluding hydrogens is 362 g/mol. The Balaban J connectivity index is 1.91. The summed E-state index contributed by atoms with van der Waals surface area (Å²) in [6.07, 6.45) is 0.326. The standard InChI is InChI=1S/C25H27NO3/c1-17-5-9-19(10-6-17)23(27)16-22(26-21-12-7-18(2)8-13-21)20-11-14-24(28-3)25(15-20)29-4/h5-15,22,26H,16H2,1-4H3. The molecule has 0 saturated carbocycles. The van der Waals surface area contributed by atoms with Crippen LogP contribution in [0.4, 0.5) is 5.69 Å². The number of hydrogen-bond donors (Lipinski definition) is 1. The van der Waals surface area contributed by atoms with E-state index in [1.165, 1.54) is 5.56 Å². The van der Waals surface area contributed by atoms with Crippen molar-refractivity contribution in [1.82, 2.24) is 0 Å². The van der Waals surface area contributed by atoms with Crippen molar-refractivity contribution in [2.24, 2.45) is 0 Å². The molecule has 0 heterocycles. The molecule has 0 aliphatic carbocycles. The number of ketones is 1. The van der Waals surface area contributed by atoms with E-state index in [9.17, 15) is 4.79 Å². The molecule has 0 radical (unpaired) electrons. The van der Waals surface area contributed by atoms with Crippen molar-refractivity contribution in [3.8, 4) is 11.5 Å². The topological polar surface area (TPSA) is 47.6 Å². The number of anilines is 1. The second kappa shape index (κ2) is 9.28. The van der Waals surface area contributed by atoms with Crippen LogP contribution in [0.3, 0.4) is 0 Å². The number of carbonyl (C=O) groups is 1. The molecule has 3 aromatic rings. The van der Waals surface area contributed by atoms with Crippen LogP contribution in [-0.2, 0) is 0 Å². The average Bonchev–Trinajstić information content (AvgIpc) is 2.74. The predicted octanol–water partition coefficient (Wildman–Crippen LogP) is 5.75. The van der Waals surface area contributed by atoms with Crippen LogP contribution in [0, 0.1) is 13.8 Å². The number of benzene rings is 3. The zero-order valence-corrected chi connectivity index (χ0v) is 17.4. The highest BCUT2D eigenvalue weighted by Crippen LogP contribution is 2.33. The van der Waals surface area contributed by atoms with E-state index >= 15 is 0 Å². The van der Waals surface area contributed by atoms with E-state index in [-0.39, 0.29) is 11.8 Å². The molecule has 0 amide bonds. The number of Topliss-reactive ketones (excluding diaryl/α,β-unsaturated/α-hetero) is 1. The highest BCUT2D eigenvalue weighted by atomic mass is 16.5. The van der Waals surface area contributed by atoms with Gasteiger partial charge in [0.2, 0.25) is 0 Å². The smallest absolute Gasteiger partial charge is 0.165 e. The fourth-order valence-electron chi connectivity index (χ4n) is 3.22. The van der Waals surface area contributed by atoms with E-state index in [4.69, 9.17) is 9.47 Å². The van der Waals surface area contributed by atoms with Crippen LogP contribution in [0.1, 0.15) is 39.5 Å². The summed E-state index contributed by atoms with van der Waals surface area (Å²) < 4.78 is 10.8. The minimum atomic E-state index is -0.202. The quantitative estimate of drug-likeness (QED) is 0.499. The van der Waals surface area contributed by atoms with Crippen molar-refractivity contribution in [1.29, 1.82) is 0 Å². The van der Waals surface area contributed by atoms with Gasteiger partial charge in [-0.3, -0.25) is 4.79 Å². The molecule has 4 heteroatoms. The van der Waals surface area contributed by atoms with Crippen LogP contribution in [0.15, 0.2) is 66.7 Å². The van der Waals surface area contributed by atoms with E-state index in [0.717, 1.165) is 16.8 Å². The molecule has 4 nitrogen and oxygen atoms in total. The van der Waals surface area contributed by atoms with E-state index in [1.54, 1.807) is 14.2 Å². The Morgan fingerprint density at radius 2 is 1.41 bits per heavy atom. The summed E-state index contributed by atoms with van der Waals surface area (Å²) in [6.45, 7) is 4.07. The highest BCUT2D eigenvalue weighted by molar-refractivity contribution is 5.96. The van der Waals surface area contributed by atoms with Gasteiger partial charge in [0, 0.05) is 17.7 Å². The van der Waals surface area contributed by atoms with Crippen LogP contribution in [-0.4, -0.2) is 20.0 Å². The van der Waals surface area contributed by atoms with Crippen LogP contribution in [0.25, 0.3) is 0 Å². The number of rotatable bonds is 8. The first-order valence-electron chi connectivity index (χ1n) is 9.65. The van der Waals surface area contributed by atoms with Crippen LogP contribution in [0.2, 0.25) is 0 Å². The van der Waals surface area contributed by atoms with Gasteiger partial charge in [-0.1, -0.05) is 53.6 Å². The summed E-state index contributed by atoms with van der Waals surface area (Å²) in [5.74, 6) is 1.39. The van der Waals surface area contributed by atoms with Crippen molar-refractivity contribution >= 4 is 11.5 Å². The van der Waals surface area contributed by atoms with Gasteiger partial charge < -0.3 is 14.8 Å². The Hall–Kier alpha value is -3.27. The SMILES string of the molecule is COc1ccc(C(CC(=O)c2ccc(C)cc2)Nc2ccc(C)cc2)cc1OC. The molecule has 0 saturated heterocycles. The molecule has 150 valence electrons. The van der Waals surface area contributed by atoms with Gasteiger partial charge in [-0.05, 0) is 43.7 Å². The average molecular weight is 389 g/mol. The van der Waals surface area contributed by atoms with Crippen LogP contribution in [0.5, 0.6) is 11.5 Å². The second-order valence-corrected chi connectivity index (χ2v) is 7.17. The molecular formula is C25H27NO3. The monoisotopic (exact) mass is 389 g/mol. The molecule has 0 aliphatic rings. The van der Waals surface area contributed by atoms with Crippen LogP contribution >= 0.6 is 0 Å². The van der Waals surface area contributed by atoms with E-state index in [1.807, 2.05) is 61.5 Å². The van der Waals surface area contributed by atoms with Gasteiger partial charge in [-0.15, -0.1) is 0 Å². The van der Waals surface area contributed by atoms with Crippen molar-refractivity contribution < 1.29 is 14.3 Å². The lowest BCUT2D eigenvalue weighted by atomic mass is 9.96. The fourth-order valence-corrected chi connectivity index (χ4v) is 3.22. The number of methoxy groups -OCH3 is 2. The molecule has 3 rings (SSSR count). The molecule has 3 aromatic carbocycles. The van der Waals surface area contributed by atoms with Gasteiger partial charge in [0.25, 0.3) is 0 Å². The minimum absolute atomic E-state index is 0.0874. The maximum absolute atomic E-state index is 13.0. The van der Waals surface area contributed by atoms with Crippen molar-refractivity contribution in [2.45, 2.75) is 26.3 Å². The Bertz CT molecular complexity index is 962. The molecule has 0 aliphatic heterocycles. The lowest BCUT2D eigenvalue weighted by Crippen LogP contribution is -2.16. The van der Waals surface area contributed by atoms with Crippen molar-refractivity contribution in [3.63, 3.8) is 0 Å². The summed E-state index contributed by atoms with van der Waals surface area (Å²) >= 11 is 0. The summed E-state index contributed by atoms with van der Waals surface area (Å²) in [7, 11) is 3.22. The first-order valence-corrected chi connectivity index (χ1v) is 9.65. The molecule has 29 heavy (non-hydrogen) atoms. The van der Waals surface area contributed by atoms with Gasteiger partial charge in [-0.25, -0.2) is 0 Å². The first kappa shape index (κ1) is 20.5. The Morgan fingerprint density at radius 3 is 2.00 bits per heavy atom. The third-order valence-electron chi connectivity index (χ3n) is 4.97. The van der Waals surface area contributed by atoms with E-state index in [2.05, 4.69) is 24.4 Å². The zero-order chi connectivity index (χ0) is 20.8. The second-order valence-electron chi connectivity index (χ2n) is 7.17.